The lowest BCUT2D eigenvalue weighted by Gasteiger charge is -2.42. The standard InChI is InChI=1S/C11H24N2O/c1-10(2)7-13-6-4-5-11(8-13,9-14)12-3/h10,12,14H,4-9H2,1-3H3. The molecule has 1 atom stereocenters. The summed E-state index contributed by atoms with van der Waals surface area (Å²) >= 11 is 0. The van der Waals surface area contributed by atoms with Crippen LogP contribution in [0.3, 0.4) is 0 Å². The Morgan fingerprint density at radius 2 is 2.21 bits per heavy atom. The maximum atomic E-state index is 9.40. The fourth-order valence-corrected chi connectivity index (χ4v) is 2.31. The van der Waals surface area contributed by atoms with Gasteiger partial charge in [0.25, 0.3) is 0 Å². The number of hydrogen-bond acceptors (Lipinski definition) is 3. The SMILES string of the molecule is CNC1(CO)CCCN(CC(C)C)C1. The zero-order chi connectivity index (χ0) is 10.6. The van der Waals surface area contributed by atoms with E-state index in [4.69, 9.17) is 0 Å². The lowest BCUT2D eigenvalue weighted by molar-refractivity contribution is 0.0669. The van der Waals surface area contributed by atoms with Gasteiger partial charge in [0.1, 0.15) is 0 Å². The molecule has 0 aliphatic carbocycles. The van der Waals surface area contributed by atoms with Crippen LogP contribution in [0.5, 0.6) is 0 Å². The van der Waals surface area contributed by atoms with E-state index in [-0.39, 0.29) is 12.1 Å². The third-order valence-corrected chi connectivity index (χ3v) is 3.11. The van der Waals surface area contributed by atoms with Crippen LogP contribution in [0, 0.1) is 5.92 Å². The summed E-state index contributed by atoms with van der Waals surface area (Å²) in [6, 6.07) is 0. The lowest BCUT2D eigenvalue weighted by Crippen LogP contribution is -2.58. The summed E-state index contributed by atoms with van der Waals surface area (Å²) in [5.74, 6) is 0.710. The summed E-state index contributed by atoms with van der Waals surface area (Å²) in [4.78, 5) is 2.46. The molecule has 0 aromatic heterocycles. The first kappa shape index (κ1) is 12.0. The van der Waals surface area contributed by atoms with Crippen LogP contribution in [0.1, 0.15) is 26.7 Å². The van der Waals surface area contributed by atoms with E-state index in [0.717, 1.165) is 19.5 Å². The van der Waals surface area contributed by atoms with E-state index in [9.17, 15) is 5.11 Å². The van der Waals surface area contributed by atoms with Crippen molar-refractivity contribution in [3.63, 3.8) is 0 Å². The van der Waals surface area contributed by atoms with Crippen molar-refractivity contribution >= 4 is 0 Å². The van der Waals surface area contributed by atoms with E-state index in [1.807, 2.05) is 7.05 Å². The molecule has 3 heteroatoms. The number of likely N-dealkylation sites (tertiary alicyclic amines) is 1. The molecule has 0 bridgehead atoms. The Kier molecular flexibility index (Phi) is 4.35. The van der Waals surface area contributed by atoms with Gasteiger partial charge in [0.2, 0.25) is 0 Å². The highest BCUT2D eigenvalue weighted by Gasteiger charge is 2.33. The van der Waals surface area contributed by atoms with Gasteiger partial charge in [-0.15, -0.1) is 0 Å². The number of hydrogen-bond donors (Lipinski definition) is 2. The molecule has 0 amide bonds. The van der Waals surface area contributed by atoms with Gasteiger partial charge in [0, 0.05) is 13.1 Å². The van der Waals surface area contributed by atoms with Gasteiger partial charge in [-0.3, -0.25) is 0 Å². The molecule has 1 heterocycles. The van der Waals surface area contributed by atoms with Crippen LogP contribution in [-0.4, -0.2) is 48.8 Å². The number of likely N-dealkylation sites (N-methyl/N-ethyl adjacent to an activating group) is 1. The van der Waals surface area contributed by atoms with Crippen molar-refractivity contribution in [3.8, 4) is 0 Å². The maximum Gasteiger partial charge on any atom is 0.0625 e. The van der Waals surface area contributed by atoms with Crippen LogP contribution < -0.4 is 5.32 Å². The lowest BCUT2D eigenvalue weighted by atomic mass is 9.89. The highest BCUT2D eigenvalue weighted by Crippen LogP contribution is 2.20. The minimum absolute atomic E-state index is 0.0485. The fraction of sp³-hybridized carbons (Fsp3) is 1.00. The summed E-state index contributed by atoms with van der Waals surface area (Å²) in [5.41, 5.74) is -0.0485. The molecule has 0 spiro atoms. The molecule has 84 valence electrons. The Morgan fingerprint density at radius 3 is 2.71 bits per heavy atom. The Hall–Kier alpha value is -0.120. The minimum Gasteiger partial charge on any atom is -0.394 e. The first-order valence-electron chi connectivity index (χ1n) is 5.64. The first-order chi connectivity index (χ1) is 6.62. The van der Waals surface area contributed by atoms with Crippen molar-refractivity contribution in [2.75, 3.05) is 33.3 Å². The third-order valence-electron chi connectivity index (χ3n) is 3.11. The summed E-state index contributed by atoms with van der Waals surface area (Å²) in [6.07, 6.45) is 2.28. The highest BCUT2D eigenvalue weighted by molar-refractivity contribution is 4.93. The molecule has 1 rings (SSSR count). The van der Waals surface area contributed by atoms with Crippen molar-refractivity contribution in [1.29, 1.82) is 0 Å². The van der Waals surface area contributed by atoms with Gasteiger partial charge in [-0.1, -0.05) is 13.8 Å². The number of nitrogens with one attached hydrogen (secondary N) is 1. The molecule has 0 radical (unpaired) electrons. The van der Waals surface area contributed by atoms with Crippen molar-refractivity contribution in [1.82, 2.24) is 10.2 Å². The maximum absolute atomic E-state index is 9.40. The Balaban J connectivity index is 2.49. The number of aliphatic hydroxyl groups is 1. The zero-order valence-electron chi connectivity index (χ0n) is 9.71. The quantitative estimate of drug-likeness (QED) is 0.701. The molecule has 0 aromatic carbocycles. The summed E-state index contributed by atoms with van der Waals surface area (Å²) in [7, 11) is 1.95. The monoisotopic (exact) mass is 200 g/mol. The molecule has 1 aliphatic rings. The number of nitrogens with zero attached hydrogens (tertiary/aromatic N) is 1. The Bertz CT molecular complexity index is 167. The highest BCUT2D eigenvalue weighted by atomic mass is 16.3. The van der Waals surface area contributed by atoms with Gasteiger partial charge in [-0.25, -0.2) is 0 Å². The van der Waals surface area contributed by atoms with Crippen LogP contribution in [0.15, 0.2) is 0 Å². The topological polar surface area (TPSA) is 35.5 Å². The normalized spacial score (nSPS) is 29.8. The first-order valence-corrected chi connectivity index (χ1v) is 5.64. The zero-order valence-corrected chi connectivity index (χ0v) is 9.71. The molecule has 1 fully saturated rings. The van der Waals surface area contributed by atoms with Crippen LogP contribution in [0.4, 0.5) is 0 Å². The molecule has 1 aliphatic heterocycles. The van der Waals surface area contributed by atoms with Crippen LogP contribution in [0.25, 0.3) is 0 Å². The summed E-state index contributed by atoms with van der Waals surface area (Å²) in [6.45, 7) is 8.05. The second kappa shape index (κ2) is 5.10. The largest absolute Gasteiger partial charge is 0.394 e. The molecule has 1 unspecified atom stereocenters. The fourth-order valence-electron chi connectivity index (χ4n) is 2.31. The smallest absolute Gasteiger partial charge is 0.0625 e. The average Bonchev–Trinajstić information content (AvgIpc) is 2.17. The van der Waals surface area contributed by atoms with Crippen molar-refractivity contribution < 1.29 is 5.11 Å². The van der Waals surface area contributed by atoms with Crippen molar-refractivity contribution in [2.24, 2.45) is 5.92 Å². The second-order valence-electron chi connectivity index (χ2n) is 4.92. The van der Waals surface area contributed by atoms with Crippen LogP contribution in [-0.2, 0) is 0 Å². The summed E-state index contributed by atoms with van der Waals surface area (Å²) in [5, 5.41) is 12.7. The summed E-state index contributed by atoms with van der Waals surface area (Å²) < 4.78 is 0. The average molecular weight is 200 g/mol. The Morgan fingerprint density at radius 1 is 1.50 bits per heavy atom. The van der Waals surface area contributed by atoms with Gasteiger partial charge in [-0.05, 0) is 32.4 Å². The third kappa shape index (κ3) is 2.94. The van der Waals surface area contributed by atoms with Crippen LogP contribution >= 0.6 is 0 Å². The van der Waals surface area contributed by atoms with E-state index in [0.29, 0.717) is 5.92 Å². The number of aliphatic hydroxyl groups excluding tert-OH is 1. The van der Waals surface area contributed by atoms with E-state index in [1.54, 1.807) is 0 Å². The van der Waals surface area contributed by atoms with Gasteiger partial charge in [-0.2, -0.15) is 0 Å². The molecule has 1 saturated heterocycles. The predicted octanol–water partition coefficient (Wildman–Crippen LogP) is 0.689. The van der Waals surface area contributed by atoms with Crippen LogP contribution in [0.2, 0.25) is 0 Å². The van der Waals surface area contributed by atoms with Crippen molar-refractivity contribution in [2.45, 2.75) is 32.2 Å². The van der Waals surface area contributed by atoms with Gasteiger partial charge in [0.15, 0.2) is 0 Å². The van der Waals surface area contributed by atoms with Gasteiger partial charge >= 0.3 is 0 Å². The molecule has 0 aromatic rings. The number of rotatable bonds is 4. The molecule has 2 N–H and O–H groups in total. The molecular weight excluding hydrogens is 176 g/mol. The van der Waals surface area contributed by atoms with E-state index >= 15 is 0 Å². The van der Waals surface area contributed by atoms with E-state index in [1.165, 1.54) is 13.0 Å². The minimum atomic E-state index is -0.0485. The van der Waals surface area contributed by atoms with Gasteiger partial charge < -0.3 is 15.3 Å². The molecule has 14 heavy (non-hydrogen) atoms. The second-order valence-corrected chi connectivity index (χ2v) is 4.92. The van der Waals surface area contributed by atoms with E-state index < -0.39 is 0 Å². The predicted molar refractivity (Wildman–Crippen MR) is 59.4 cm³/mol. The number of piperidine rings is 1. The van der Waals surface area contributed by atoms with Crippen molar-refractivity contribution in [3.05, 3.63) is 0 Å². The van der Waals surface area contributed by atoms with E-state index in [2.05, 4.69) is 24.1 Å². The molecule has 0 saturated carbocycles. The van der Waals surface area contributed by atoms with Gasteiger partial charge in [0.05, 0.1) is 12.1 Å². The molecular formula is C11H24N2O. The Labute approximate surface area is 87.5 Å². The molecule has 3 nitrogen and oxygen atoms in total.